The first-order valence-electron chi connectivity index (χ1n) is 7.57. The van der Waals surface area contributed by atoms with Gasteiger partial charge in [0.2, 0.25) is 0 Å². The molecule has 0 unspecified atom stereocenters. The monoisotopic (exact) mass is 310 g/mol. The van der Waals surface area contributed by atoms with E-state index in [1.807, 2.05) is 12.1 Å². The van der Waals surface area contributed by atoms with Crippen LogP contribution in [0.5, 0.6) is 5.75 Å². The fourth-order valence-electron chi connectivity index (χ4n) is 2.67. The molecule has 0 saturated carbocycles. The standard InChI is InChI=1S/C16H23ClN2O2/c1-16(10-20-11-16)12-21-15-3-2-13(8-14(15)17)9-19-6-4-18-5-7-19/h2-3,8,18H,4-7,9-12H2,1H3. The highest BCUT2D eigenvalue weighted by atomic mass is 35.5. The number of hydrogen-bond acceptors (Lipinski definition) is 4. The molecule has 21 heavy (non-hydrogen) atoms. The maximum Gasteiger partial charge on any atom is 0.137 e. The Morgan fingerprint density at radius 3 is 2.71 bits per heavy atom. The van der Waals surface area contributed by atoms with Crippen LogP contribution in [0.2, 0.25) is 5.02 Å². The Bertz CT molecular complexity index is 485. The number of benzene rings is 1. The van der Waals surface area contributed by atoms with Gasteiger partial charge in [0, 0.05) is 38.1 Å². The Morgan fingerprint density at radius 2 is 2.10 bits per heavy atom. The molecular formula is C16H23ClN2O2. The second kappa shape index (κ2) is 6.53. The maximum atomic E-state index is 6.35. The molecule has 1 aromatic rings. The molecule has 1 aromatic carbocycles. The predicted molar refractivity (Wildman–Crippen MR) is 84.0 cm³/mol. The molecule has 4 nitrogen and oxygen atoms in total. The van der Waals surface area contributed by atoms with Crippen LogP contribution in [0.4, 0.5) is 0 Å². The number of ether oxygens (including phenoxy) is 2. The molecule has 0 atom stereocenters. The number of nitrogens with zero attached hydrogens (tertiary/aromatic N) is 1. The van der Waals surface area contributed by atoms with Crippen LogP contribution in [-0.2, 0) is 11.3 Å². The molecule has 5 heteroatoms. The van der Waals surface area contributed by atoms with Crippen molar-refractivity contribution < 1.29 is 9.47 Å². The molecule has 0 aromatic heterocycles. The van der Waals surface area contributed by atoms with Gasteiger partial charge in [-0.2, -0.15) is 0 Å². The van der Waals surface area contributed by atoms with Gasteiger partial charge >= 0.3 is 0 Å². The summed E-state index contributed by atoms with van der Waals surface area (Å²) < 4.78 is 11.1. The topological polar surface area (TPSA) is 33.7 Å². The van der Waals surface area contributed by atoms with E-state index in [1.54, 1.807) is 0 Å². The van der Waals surface area contributed by atoms with Crippen LogP contribution < -0.4 is 10.1 Å². The van der Waals surface area contributed by atoms with Crippen LogP contribution in [0.1, 0.15) is 12.5 Å². The summed E-state index contributed by atoms with van der Waals surface area (Å²) in [6.45, 7) is 9.63. The van der Waals surface area contributed by atoms with Crippen molar-refractivity contribution in [1.29, 1.82) is 0 Å². The van der Waals surface area contributed by atoms with Gasteiger partial charge in [-0.15, -0.1) is 0 Å². The SMILES string of the molecule is CC1(COc2ccc(CN3CCNCC3)cc2Cl)COC1. The lowest BCUT2D eigenvalue weighted by molar-refractivity contribution is -0.120. The van der Waals surface area contributed by atoms with E-state index >= 15 is 0 Å². The summed E-state index contributed by atoms with van der Waals surface area (Å²) in [5, 5.41) is 4.07. The highest BCUT2D eigenvalue weighted by molar-refractivity contribution is 6.32. The second-order valence-corrected chi connectivity index (χ2v) is 6.79. The van der Waals surface area contributed by atoms with Crippen molar-refractivity contribution in [1.82, 2.24) is 10.2 Å². The largest absolute Gasteiger partial charge is 0.491 e. The molecule has 0 aliphatic carbocycles. The average Bonchev–Trinajstić information content (AvgIpc) is 2.45. The predicted octanol–water partition coefficient (Wildman–Crippen LogP) is 2.16. The van der Waals surface area contributed by atoms with E-state index < -0.39 is 0 Å². The van der Waals surface area contributed by atoms with Crippen LogP contribution in [0.25, 0.3) is 0 Å². The highest BCUT2D eigenvalue weighted by Gasteiger charge is 2.34. The molecule has 0 radical (unpaired) electrons. The third kappa shape index (κ3) is 3.89. The first kappa shape index (κ1) is 15.1. The van der Waals surface area contributed by atoms with Gasteiger partial charge in [0.15, 0.2) is 0 Å². The zero-order valence-corrected chi connectivity index (χ0v) is 13.3. The van der Waals surface area contributed by atoms with Crippen molar-refractivity contribution >= 4 is 11.6 Å². The van der Waals surface area contributed by atoms with Gasteiger partial charge in [0.05, 0.1) is 24.8 Å². The quantitative estimate of drug-likeness (QED) is 0.903. The van der Waals surface area contributed by atoms with Gasteiger partial charge in [-0.25, -0.2) is 0 Å². The molecule has 2 saturated heterocycles. The Hall–Kier alpha value is -0.810. The second-order valence-electron chi connectivity index (χ2n) is 6.38. The average molecular weight is 311 g/mol. The minimum atomic E-state index is 0.142. The number of nitrogens with one attached hydrogen (secondary N) is 1. The third-order valence-corrected chi connectivity index (χ3v) is 4.38. The number of piperazine rings is 1. The fourth-order valence-corrected chi connectivity index (χ4v) is 2.93. The van der Waals surface area contributed by atoms with E-state index in [0.29, 0.717) is 11.6 Å². The first-order valence-corrected chi connectivity index (χ1v) is 7.95. The number of hydrogen-bond donors (Lipinski definition) is 1. The lowest BCUT2D eigenvalue weighted by Gasteiger charge is -2.37. The van der Waals surface area contributed by atoms with Crippen LogP contribution in [0.3, 0.4) is 0 Å². The van der Waals surface area contributed by atoms with Crippen molar-refractivity contribution in [3.8, 4) is 5.75 Å². The van der Waals surface area contributed by atoms with Gasteiger partial charge in [-0.05, 0) is 17.7 Å². The summed E-state index contributed by atoms with van der Waals surface area (Å²) in [6.07, 6.45) is 0. The summed E-state index contributed by atoms with van der Waals surface area (Å²) in [5.74, 6) is 0.772. The lowest BCUT2D eigenvalue weighted by Crippen LogP contribution is -2.44. The molecule has 2 heterocycles. The van der Waals surface area contributed by atoms with Crippen molar-refractivity contribution in [2.45, 2.75) is 13.5 Å². The summed E-state index contributed by atoms with van der Waals surface area (Å²) in [7, 11) is 0. The van der Waals surface area contributed by atoms with E-state index in [4.69, 9.17) is 21.1 Å². The molecule has 2 fully saturated rings. The Balaban J connectivity index is 1.56. The van der Waals surface area contributed by atoms with Gasteiger partial charge < -0.3 is 14.8 Å². The minimum Gasteiger partial charge on any atom is -0.491 e. The zero-order chi connectivity index (χ0) is 14.7. The van der Waals surface area contributed by atoms with E-state index in [9.17, 15) is 0 Å². The summed E-state index contributed by atoms with van der Waals surface area (Å²) in [6, 6.07) is 6.13. The molecular weight excluding hydrogens is 288 g/mol. The molecule has 0 bridgehead atoms. The van der Waals surface area contributed by atoms with Crippen molar-refractivity contribution in [2.24, 2.45) is 5.41 Å². The molecule has 2 aliphatic rings. The van der Waals surface area contributed by atoms with E-state index in [2.05, 4.69) is 23.2 Å². The molecule has 3 rings (SSSR count). The van der Waals surface area contributed by atoms with Gasteiger partial charge in [0.25, 0.3) is 0 Å². The maximum absolute atomic E-state index is 6.35. The Morgan fingerprint density at radius 1 is 1.33 bits per heavy atom. The molecule has 2 aliphatic heterocycles. The van der Waals surface area contributed by atoms with Crippen molar-refractivity contribution in [2.75, 3.05) is 46.0 Å². The van der Waals surface area contributed by atoms with Gasteiger partial charge in [-0.3, -0.25) is 4.90 Å². The van der Waals surface area contributed by atoms with Crippen LogP contribution in [-0.4, -0.2) is 50.9 Å². The van der Waals surface area contributed by atoms with Crippen molar-refractivity contribution in [3.05, 3.63) is 28.8 Å². The van der Waals surface area contributed by atoms with Crippen LogP contribution in [0.15, 0.2) is 18.2 Å². The number of halogens is 1. The molecule has 0 spiro atoms. The summed E-state index contributed by atoms with van der Waals surface area (Å²) in [5.41, 5.74) is 1.38. The van der Waals surface area contributed by atoms with Gasteiger partial charge in [-0.1, -0.05) is 24.6 Å². The Kier molecular flexibility index (Phi) is 4.69. The Labute approximate surface area is 131 Å². The number of rotatable bonds is 5. The van der Waals surface area contributed by atoms with E-state index in [0.717, 1.165) is 51.7 Å². The van der Waals surface area contributed by atoms with E-state index in [1.165, 1.54) is 5.56 Å². The lowest BCUT2D eigenvalue weighted by atomic mass is 9.90. The summed E-state index contributed by atoms with van der Waals surface area (Å²) in [4.78, 5) is 2.44. The third-order valence-electron chi connectivity index (χ3n) is 4.09. The highest BCUT2D eigenvalue weighted by Crippen LogP contribution is 2.31. The first-order chi connectivity index (χ1) is 10.1. The van der Waals surface area contributed by atoms with Crippen LogP contribution >= 0.6 is 11.6 Å². The van der Waals surface area contributed by atoms with Crippen LogP contribution in [0, 0.1) is 5.41 Å². The van der Waals surface area contributed by atoms with Crippen molar-refractivity contribution in [3.63, 3.8) is 0 Å². The smallest absolute Gasteiger partial charge is 0.137 e. The van der Waals surface area contributed by atoms with E-state index in [-0.39, 0.29) is 5.41 Å². The molecule has 1 N–H and O–H groups in total. The summed E-state index contributed by atoms with van der Waals surface area (Å²) >= 11 is 6.35. The molecule has 0 amide bonds. The normalized spacial score (nSPS) is 21.8. The molecule has 116 valence electrons. The minimum absolute atomic E-state index is 0.142. The fraction of sp³-hybridized carbons (Fsp3) is 0.625. The van der Waals surface area contributed by atoms with Gasteiger partial charge in [0.1, 0.15) is 5.75 Å². The zero-order valence-electron chi connectivity index (χ0n) is 12.5.